The topological polar surface area (TPSA) is 33.7 Å². The number of nitrogens with zero attached hydrogens (tertiary/aromatic N) is 1. The van der Waals surface area contributed by atoms with Crippen LogP contribution in [0.3, 0.4) is 0 Å². The highest BCUT2D eigenvalue weighted by molar-refractivity contribution is 6.30. The maximum Gasteiger partial charge on any atom is 0.123 e. The number of methoxy groups -OCH3 is 1. The molecule has 1 heterocycles. The lowest BCUT2D eigenvalue weighted by Crippen LogP contribution is -2.46. The molecule has 5 heteroatoms. The minimum Gasteiger partial charge on any atom is -0.496 e. The van der Waals surface area contributed by atoms with Gasteiger partial charge in [-0.3, -0.25) is 0 Å². The molecule has 1 aliphatic rings. The lowest BCUT2D eigenvalue weighted by atomic mass is 9.99. The zero-order chi connectivity index (χ0) is 18.5. The smallest absolute Gasteiger partial charge is 0.123 e. The van der Waals surface area contributed by atoms with E-state index in [2.05, 4.69) is 54.5 Å². The SMILES string of the molecule is COc1cc(C)ccc1CNC(c1ccc(Cl)cc1)C1CN(C)CCO1. The first-order valence-corrected chi connectivity index (χ1v) is 9.37. The van der Waals surface area contributed by atoms with Crippen molar-refractivity contribution in [3.05, 3.63) is 64.2 Å². The summed E-state index contributed by atoms with van der Waals surface area (Å²) in [5, 5.41) is 4.43. The fourth-order valence-electron chi connectivity index (χ4n) is 3.36. The van der Waals surface area contributed by atoms with Gasteiger partial charge in [0, 0.05) is 30.2 Å². The molecular weight excluding hydrogens is 348 g/mol. The second-order valence-electron chi connectivity index (χ2n) is 6.90. The number of likely N-dealkylation sites (N-methyl/N-ethyl adjacent to an activating group) is 1. The summed E-state index contributed by atoms with van der Waals surface area (Å²) < 4.78 is 11.6. The van der Waals surface area contributed by atoms with Crippen LogP contribution in [0.25, 0.3) is 0 Å². The molecule has 3 rings (SSSR count). The average molecular weight is 375 g/mol. The highest BCUT2D eigenvalue weighted by atomic mass is 35.5. The summed E-state index contributed by atoms with van der Waals surface area (Å²) >= 11 is 6.08. The molecule has 0 radical (unpaired) electrons. The summed E-state index contributed by atoms with van der Waals surface area (Å²) in [4.78, 5) is 2.31. The fraction of sp³-hybridized carbons (Fsp3) is 0.429. The quantitative estimate of drug-likeness (QED) is 0.833. The second-order valence-corrected chi connectivity index (χ2v) is 7.33. The maximum absolute atomic E-state index is 6.09. The molecule has 0 amide bonds. The van der Waals surface area contributed by atoms with E-state index in [4.69, 9.17) is 21.1 Å². The minimum atomic E-state index is 0.0843. The van der Waals surface area contributed by atoms with Gasteiger partial charge in [0.25, 0.3) is 0 Å². The molecule has 1 aliphatic heterocycles. The molecule has 0 bridgehead atoms. The Morgan fingerprint density at radius 1 is 1.27 bits per heavy atom. The van der Waals surface area contributed by atoms with Crippen LogP contribution in [0.2, 0.25) is 5.02 Å². The molecule has 0 aliphatic carbocycles. The van der Waals surface area contributed by atoms with Gasteiger partial charge in [0.05, 0.1) is 25.9 Å². The first-order valence-electron chi connectivity index (χ1n) is 8.99. The van der Waals surface area contributed by atoms with Crippen molar-refractivity contribution in [2.24, 2.45) is 0 Å². The molecule has 0 aromatic heterocycles. The van der Waals surface area contributed by atoms with Crippen molar-refractivity contribution in [2.45, 2.75) is 25.6 Å². The van der Waals surface area contributed by atoms with E-state index in [0.717, 1.165) is 36.0 Å². The molecule has 2 atom stereocenters. The molecule has 1 N–H and O–H groups in total. The Bertz CT molecular complexity index is 720. The zero-order valence-corrected chi connectivity index (χ0v) is 16.4. The van der Waals surface area contributed by atoms with E-state index >= 15 is 0 Å². The van der Waals surface area contributed by atoms with Crippen molar-refractivity contribution in [3.8, 4) is 5.75 Å². The first-order chi connectivity index (χ1) is 12.6. The van der Waals surface area contributed by atoms with Crippen LogP contribution < -0.4 is 10.1 Å². The maximum atomic E-state index is 6.09. The van der Waals surface area contributed by atoms with Crippen LogP contribution >= 0.6 is 11.6 Å². The number of benzene rings is 2. The van der Waals surface area contributed by atoms with Gasteiger partial charge < -0.3 is 19.7 Å². The molecule has 2 aromatic carbocycles. The van der Waals surface area contributed by atoms with Gasteiger partial charge in [-0.2, -0.15) is 0 Å². The van der Waals surface area contributed by atoms with Gasteiger partial charge >= 0.3 is 0 Å². The van der Waals surface area contributed by atoms with E-state index in [0.29, 0.717) is 6.54 Å². The van der Waals surface area contributed by atoms with Gasteiger partial charge in [-0.15, -0.1) is 0 Å². The largest absolute Gasteiger partial charge is 0.496 e. The van der Waals surface area contributed by atoms with Crippen LogP contribution in [0.1, 0.15) is 22.7 Å². The van der Waals surface area contributed by atoms with Gasteiger partial charge in [-0.1, -0.05) is 35.9 Å². The van der Waals surface area contributed by atoms with Crippen LogP contribution in [0.4, 0.5) is 0 Å². The van der Waals surface area contributed by atoms with Crippen LogP contribution in [0.5, 0.6) is 5.75 Å². The van der Waals surface area contributed by atoms with Crippen LogP contribution in [-0.2, 0) is 11.3 Å². The molecule has 1 saturated heterocycles. The number of halogens is 1. The lowest BCUT2D eigenvalue weighted by Gasteiger charge is -2.36. The Labute approximate surface area is 161 Å². The van der Waals surface area contributed by atoms with E-state index in [1.54, 1.807) is 7.11 Å². The lowest BCUT2D eigenvalue weighted by molar-refractivity contribution is -0.0396. The molecular formula is C21H27ClN2O2. The minimum absolute atomic E-state index is 0.0843. The van der Waals surface area contributed by atoms with E-state index in [9.17, 15) is 0 Å². The predicted molar refractivity (Wildman–Crippen MR) is 106 cm³/mol. The number of ether oxygens (including phenoxy) is 2. The average Bonchev–Trinajstić information content (AvgIpc) is 2.64. The molecule has 26 heavy (non-hydrogen) atoms. The standard InChI is InChI=1S/C21H27ClN2O2/c1-15-4-5-17(19(12-15)25-3)13-23-21(16-6-8-18(22)9-7-16)20-14-24(2)10-11-26-20/h4-9,12,20-21,23H,10-11,13-14H2,1-3H3. The molecule has 4 nitrogen and oxygen atoms in total. The van der Waals surface area contributed by atoms with Crippen LogP contribution in [0.15, 0.2) is 42.5 Å². The fourth-order valence-corrected chi connectivity index (χ4v) is 3.49. The van der Waals surface area contributed by atoms with Crippen LogP contribution in [-0.4, -0.2) is 44.9 Å². The Morgan fingerprint density at radius 3 is 2.73 bits per heavy atom. The number of nitrogens with one attached hydrogen (secondary N) is 1. The Kier molecular flexibility index (Phi) is 6.54. The third kappa shape index (κ3) is 4.77. The predicted octanol–water partition coefficient (Wildman–Crippen LogP) is 3.82. The molecule has 2 aromatic rings. The van der Waals surface area contributed by atoms with Gasteiger partial charge in [-0.25, -0.2) is 0 Å². The summed E-state index contributed by atoms with van der Waals surface area (Å²) in [7, 11) is 3.85. The van der Waals surface area contributed by atoms with E-state index in [1.165, 1.54) is 11.1 Å². The molecule has 140 valence electrons. The number of morpholine rings is 1. The number of hydrogen-bond donors (Lipinski definition) is 1. The van der Waals surface area contributed by atoms with Gasteiger partial charge in [0.1, 0.15) is 5.75 Å². The molecule has 1 fully saturated rings. The highest BCUT2D eigenvalue weighted by Crippen LogP contribution is 2.26. The van der Waals surface area contributed by atoms with Crippen molar-refractivity contribution >= 4 is 11.6 Å². The Balaban J connectivity index is 1.80. The van der Waals surface area contributed by atoms with E-state index in [1.807, 2.05) is 12.1 Å². The van der Waals surface area contributed by atoms with Crippen molar-refractivity contribution in [3.63, 3.8) is 0 Å². The summed E-state index contributed by atoms with van der Waals surface area (Å²) in [6, 6.07) is 14.4. The highest BCUT2D eigenvalue weighted by Gasteiger charge is 2.28. The number of hydrogen-bond acceptors (Lipinski definition) is 4. The molecule has 0 saturated carbocycles. The summed E-state index contributed by atoms with van der Waals surface area (Å²) in [5.74, 6) is 0.911. The van der Waals surface area contributed by atoms with Crippen LogP contribution in [0, 0.1) is 6.92 Å². The Hall–Kier alpha value is -1.59. The van der Waals surface area contributed by atoms with Crippen molar-refractivity contribution in [2.75, 3.05) is 33.9 Å². The van der Waals surface area contributed by atoms with Gasteiger partial charge in [0.2, 0.25) is 0 Å². The second kappa shape index (κ2) is 8.87. The van der Waals surface area contributed by atoms with Crippen molar-refractivity contribution < 1.29 is 9.47 Å². The molecule has 0 spiro atoms. The Morgan fingerprint density at radius 2 is 2.04 bits per heavy atom. The third-order valence-corrected chi connectivity index (χ3v) is 5.10. The molecule has 2 unspecified atom stereocenters. The van der Waals surface area contributed by atoms with Gasteiger partial charge in [0.15, 0.2) is 0 Å². The summed E-state index contributed by atoms with van der Waals surface area (Å²) in [6.45, 7) is 5.39. The van der Waals surface area contributed by atoms with Gasteiger partial charge in [-0.05, 0) is 43.3 Å². The first kappa shape index (κ1) is 19.2. The summed E-state index contributed by atoms with van der Waals surface area (Å²) in [6.07, 6.45) is 0.0892. The monoisotopic (exact) mass is 374 g/mol. The summed E-state index contributed by atoms with van der Waals surface area (Å²) in [5.41, 5.74) is 3.51. The van der Waals surface area contributed by atoms with E-state index < -0.39 is 0 Å². The normalized spacial score (nSPS) is 19.3. The third-order valence-electron chi connectivity index (χ3n) is 4.85. The van der Waals surface area contributed by atoms with Crippen molar-refractivity contribution in [1.82, 2.24) is 10.2 Å². The number of rotatable bonds is 6. The zero-order valence-electron chi connectivity index (χ0n) is 15.7. The van der Waals surface area contributed by atoms with E-state index in [-0.39, 0.29) is 12.1 Å². The number of aryl methyl sites for hydroxylation is 1. The van der Waals surface area contributed by atoms with Crippen molar-refractivity contribution in [1.29, 1.82) is 0 Å².